The van der Waals surface area contributed by atoms with E-state index in [1.807, 2.05) is 0 Å². The topological polar surface area (TPSA) is 66.8 Å². The van der Waals surface area contributed by atoms with Gasteiger partial charge in [0.1, 0.15) is 6.54 Å². The Balaban J connectivity index is 2.43. The van der Waals surface area contributed by atoms with Crippen molar-refractivity contribution in [1.29, 1.82) is 0 Å². The highest BCUT2D eigenvalue weighted by atomic mass is 16.5. The third kappa shape index (κ3) is 1.94. The van der Waals surface area contributed by atoms with Crippen molar-refractivity contribution in [2.75, 3.05) is 20.2 Å². The quantitative estimate of drug-likeness (QED) is 0.530. The van der Waals surface area contributed by atoms with Crippen LogP contribution in [0.4, 0.5) is 0 Å². The molecule has 5 nitrogen and oxygen atoms in total. The van der Waals surface area contributed by atoms with E-state index in [2.05, 4.69) is 4.74 Å². The Hall–Kier alpha value is -1.10. The Morgan fingerprint density at radius 2 is 2.50 bits per heavy atom. The molecular weight excluding hydrogens is 162 g/mol. The van der Waals surface area contributed by atoms with Crippen LogP contribution in [0, 0.1) is 0 Å². The molecule has 0 aromatic rings. The summed E-state index contributed by atoms with van der Waals surface area (Å²) in [5.74, 6) is -0.662. The highest BCUT2D eigenvalue weighted by Gasteiger charge is 2.29. The standard InChI is InChI=1S/C7H11NO4/c1-12-7(11)4-8-3-5(9)2-6(8)10/h5,9H,2-4H2,1H3/t5-/m1/s1. The number of carbonyl (C=O) groups is 2. The lowest BCUT2D eigenvalue weighted by Crippen LogP contribution is -2.32. The lowest BCUT2D eigenvalue weighted by atomic mass is 10.3. The Bertz CT molecular complexity index is 204. The molecule has 0 bridgehead atoms. The monoisotopic (exact) mass is 173 g/mol. The van der Waals surface area contributed by atoms with Crippen molar-refractivity contribution in [2.24, 2.45) is 0 Å². The Morgan fingerprint density at radius 1 is 1.83 bits per heavy atom. The minimum absolute atomic E-state index is 0.0631. The van der Waals surface area contributed by atoms with Gasteiger partial charge in [0.2, 0.25) is 5.91 Å². The van der Waals surface area contributed by atoms with Gasteiger partial charge in [0.15, 0.2) is 0 Å². The molecule has 1 aliphatic heterocycles. The van der Waals surface area contributed by atoms with Crippen molar-refractivity contribution < 1.29 is 19.4 Å². The van der Waals surface area contributed by atoms with Gasteiger partial charge in [-0.1, -0.05) is 0 Å². The molecular formula is C7H11NO4. The maximum absolute atomic E-state index is 11.0. The molecule has 0 aromatic carbocycles. The van der Waals surface area contributed by atoms with Crippen LogP contribution < -0.4 is 0 Å². The van der Waals surface area contributed by atoms with Crippen LogP contribution >= 0.6 is 0 Å². The Labute approximate surface area is 69.9 Å². The molecule has 1 N–H and O–H groups in total. The zero-order chi connectivity index (χ0) is 9.14. The molecule has 68 valence electrons. The number of hydrogen-bond donors (Lipinski definition) is 1. The van der Waals surface area contributed by atoms with Crippen LogP contribution in [0.1, 0.15) is 6.42 Å². The first-order valence-electron chi connectivity index (χ1n) is 3.66. The number of carbonyl (C=O) groups excluding carboxylic acids is 2. The van der Waals surface area contributed by atoms with E-state index in [1.54, 1.807) is 0 Å². The highest BCUT2D eigenvalue weighted by Crippen LogP contribution is 2.09. The molecule has 0 unspecified atom stereocenters. The van der Waals surface area contributed by atoms with Gasteiger partial charge in [-0.25, -0.2) is 0 Å². The summed E-state index contributed by atoms with van der Waals surface area (Å²) in [5.41, 5.74) is 0. The van der Waals surface area contributed by atoms with E-state index in [4.69, 9.17) is 5.11 Å². The number of rotatable bonds is 2. The van der Waals surface area contributed by atoms with Crippen LogP contribution in [0.5, 0.6) is 0 Å². The Morgan fingerprint density at radius 3 is 2.92 bits per heavy atom. The molecule has 1 heterocycles. The fourth-order valence-corrected chi connectivity index (χ4v) is 1.12. The molecule has 1 atom stereocenters. The summed E-state index contributed by atoms with van der Waals surface area (Å²) in [7, 11) is 1.26. The summed E-state index contributed by atoms with van der Waals surface area (Å²) in [6.07, 6.45) is -0.529. The third-order valence-corrected chi connectivity index (χ3v) is 1.74. The number of amides is 1. The number of hydrogen-bond acceptors (Lipinski definition) is 4. The lowest BCUT2D eigenvalue weighted by molar-refractivity contribution is -0.145. The minimum Gasteiger partial charge on any atom is -0.468 e. The van der Waals surface area contributed by atoms with Crippen LogP contribution in [0.3, 0.4) is 0 Å². The van der Waals surface area contributed by atoms with E-state index in [0.29, 0.717) is 0 Å². The molecule has 1 fully saturated rings. The van der Waals surface area contributed by atoms with Gasteiger partial charge in [0.25, 0.3) is 0 Å². The van der Waals surface area contributed by atoms with E-state index >= 15 is 0 Å². The summed E-state index contributed by atoms with van der Waals surface area (Å²) in [6.45, 7) is 0.167. The van der Waals surface area contributed by atoms with Gasteiger partial charge < -0.3 is 14.7 Å². The largest absolute Gasteiger partial charge is 0.468 e. The average molecular weight is 173 g/mol. The van der Waals surface area contributed by atoms with Crippen LogP contribution in [0.2, 0.25) is 0 Å². The second kappa shape index (κ2) is 3.53. The van der Waals surface area contributed by atoms with Crippen molar-refractivity contribution in [3.05, 3.63) is 0 Å². The smallest absolute Gasteiger partial charge is 0.325 e. The molecule has 1 amide bonds. The number of ether oxygens (including phenoxy) is 1. The minimum atomic E-state index is -0.637. The second-order valence-corrected chi connectivity index (χ2v) is 2.71. The lowest BCUT2D eigenvalue weighted by Gasteiger charge is -2.12. The predicted molar refractivity (Wildman–Crippen MR) is 39.2 cm³/mol. The molecule has 0 spiro atoms. The first kappa shape index (κ1) is 8.99. The van der Waals surface area contributed by atoms with Gasteiger partial charge >= 0.3 is 5.97 Å². The normalized spacial score (nSPS) is 23.0. The number of aliphatic hydroxyl groups is 1. The van der Waals surface area contributed by atoms with Crippen LogP contribution in [0.15, 0.2) is 0 Å². The average Bonchev–Trinajstić information content (AvgIpc) is 2.30. The maximum Gasteiger partial charge on any atom is 0.325 e. The number of methoxy groups -OCH3 is 1. The number of nitrogens with zero attached hydrogens (tertiary/aromatic N) is 1. The van der Waals surface area contributed by atoms with Crippen LogP contribution in [0.25, 0.3) is 0 Å². The van der Waals surface area contributed by atoms with Crippen LogP contribution in [-0.4, -0.2) is 48.2 Å². The fraction of sp³-hybridized carbons (Fsp3) is 0.714. The van der Waals surface area contributed by atoms with E-state index in [9.17, 15) is 9.59 Å². The molecule has 0 radical (unpaired) electrons. The number of β-amino-alcohol motifs (C(OH)–C–C–N with tert-alkyl or cyclic N) is 1. The first-order chi connectivity index (χ1) is 5.63. The van der Waals surface area contributed by atoms with Crippen molar-refractivity contribution in [3.8, 4) is 0 Å². The zero-order valence-electron chi connectivity index (χ0n) is 6.82. The maximum atomic E-state index is 11.0. The summed E-state index contributed by atoms with van der Waals surface area (Å²) in [4.78, 5) is 23.0. The SMILES string of the molecule is COC(=O)CN1C[C@H](O)CC1=O. The van der Waals surface area contributed by atoms with Gasteiger partial charge in [0.05, 0.1) is 19.6 Å². The van der Waals surface area contributed by atoms with Gasteiger partial charge in [-0.15, -0.1) is 0 Å². The molecule has 1 saturated heterocycles. The molecule has 5 heteroatoms. The van der Waals surface area contributed by atoms with Gasteiger partial charge in [-0.05, 0) is 0 Å². The third-order valence-electron chi connectivity index (χ3n) is 1.74. The number of likely N-dealkylation sites (tertiary alicyclic amines) is 1. The van der Waals surface area contributed by atoms with Gasteiger partial charge in [0, 0.05) is 6.54 Å². The van der Waals surface area contributed by atoms with E-state index in [0.717, 1.165) is 0 Å². The van der Waals surface area contributed by atoms with Crippen LogP contribution in [-0.2, 0) is 14.3 Å². The van der Waals surface area contributed by atoms with Gasteiger partial charge in [-0.3, -0.25) is 9.59 Å². The molecule has 1 rings (SSSR count). The zero-order valence-corrected chi connectivity index (χ0v) is 6.82. The molecule has 0 aliphatic carbocycles. The summed E-state index contributed by atoms with van der Waals surface area (Å²) >= 11 is 0. The van der Waals surface area contributed by atoms with E-state index < -0.39 is 12.1 Å². The van der Waals surface area contributed by atoms with E-state index in [-0.39, 0.29) is 25.4 Å². The number of esters is 1. The van der Waals surface area contributed by atoms with Crippen molar-refractivity contribution in [2.45, 2.75) is 12.5 Å². The predicted octanol–water partition coefficient (Wildman–Crippen LogP) is -1.25. The second-order valence-electron chi connectivity index (χ2n) is 2.71. The first-order valence-corrected chi connectivity index (χ1v) is 3.66. The fourth-order valence-electron chi connectivity index (χ4n) is 1.12. The summed E-state index contributed by atoms with van der Waals surface area (Å²) in [6, 6.07) is 0. The highest BCUT2D eigenvalue weighted by molar-refractivity contribution is 5.83. The summed E-state index contributed by atoms with van der Waals surface area (Å²) in [5, 5.41) is 9.04. The van der Waals surface area contributed by atoms with E-state index in [1.165, 1.54) is 12.0 Å². The molecule has 0 aromatic heterocycles. The molecule has 1 aliphatic rings. The Kier molecular flexibility index (Phi) is 2.65. The van der Waals surface area contributed by atoms with Crippen molar-refractivity contribution in [3.63, 3.8) is 0 Å². The molecule has 12 heavy (non-hydrogen) atoms. The van der Waals surface area contributed by atoms with Crippen molar-refractivity contribution >= 4 is 11.9 Å². The van der Waals surface area contributed by atoms with Crippen molar-refractivity contribution in [1.82, 2.24) is 4.90 Å². The molecule has 0 saturated carbocycles. The summed E-state index contributed by atoms with van der Waals surface area (Å²) < 4.78 is 4.38. The van der Waals surface area contributed by atoms with Gasteiger partial charge in [-0.2, -0.15) is 0 Å². The number of aliphatic hydroxyl groups excluding tert-OH is 1.